The molecule has 20 heavy (non-hydrogen) atoms. The van der Waals surface area contributed by atoms with Gasteiger partial charge in [-0.25, -0.2) is 8.42 Å². The van der Waals surface area contributed by atoms with Crippen LogP contribution in [0.5, 0.6) is 0 Å². The van der Waals surface area contributed by atoms with Crippen molar-refractivity contribution in [1.29, 1.82) is 0 Å². The first kappa shape index (κ1) is 15.9. The SMILES string of the molecule is CNCC1CCCN1S(=O)(=O)c1cc(C)c(Br)cc1C. The molecule has 0 spiro atoms. The van der Waals surface area contributed by atoms with E-state index in [-0.39, 0.29) is 6.04 Å². The van der Waals surface area contributed by atoms with E-state index in [0.29, 0.717) is 18.0 Å². The van der Waals surface area contributed by atoms with Crippen molar-refractivity contribution in [2.75, 3.05) is 20.1 Å². The highest BCUT2D eigenvalue weighted by Gasteiger charge is 2.35. The molecule has 2 rings (SSSR count). The number of hydrogen-bond acceptors (Lipinski definition) is 3. The molecule has 0 aliphatic carbocycles. The largest absolute Gasteiger partial charge is 0.318 e. The first-order valence-corrected chi connectivity index (χ1v) is 9.04. The molecule has 1 aromatic rings. The predicted octanol–water partition coefficient (Wildman–Crippen LogP) is 2.44. The van der Waals surface area contributed by atoms with Gasteiger partial charge in [-0.2, -0.15) is 4.31 Å². The number of aryl methyl sites for hydroxylation is 2. The molecule has 0 saturated carbocycles. The summed E-state index contributed by atoms with van der Waals surface area (Å²) in [6, 6.07) is 3.71. The Bertz CT molecular complexity index is 601. The molecule has 1 aliphatic heterocycles. The zero-order valence-electron chi connectivity index (χ0n) is 12.1. The van der Waals surface area contributed by atoms with Gasteiger partial charge in [0.1, 0.15) is 0 Å². The molecular formula is C14H21BrN2O2S. The predicted molar refractivity (Wildman–Crippen MR) is 84.5 cm³/mol. The van der Waals surface area contributed by atoms with E-state index >= 15 is 0 Å². The van der Waals surface area contributed by atoms with Crippen molar-refractivity contribution in [1.82, 2.24) is 9.62 Å². The van der Waals surface area contributed by atoms with Crippen LogP contribution < -0.4 is 5.32 Å². The molecule has 1 aromatic carbocycles. The van der Waals surface area contributed by atoms with Gasteiger partial charge >= 0.3 is 0 Å². The Hall–Kier alpha value is -0.430. The number of sulfonamides is 1. The van der Waals surface area contributed by atoms with Gasteiger partial charge in [0.15, 0.2) is 0 Å². The van der Waals surface area contributed by atoms with Crippen LogP contribution in [0.3, 0.4) is 0 Å². The smallest absolute Gasteiger partial charge is 0.243 e. The van der Waals surface area contributed by atoms with E-state index in [1.807, 2.05) is 27.0 Å². The van der Waals surface area contributed by atoms with Gasteiger partial charge in [0.25, 0.3) is 0 Å². The lowest BCUT2D eigenvalue weighted by Gasteiger charge is -2.25. The molecule has 6 heteroatoms. The minimum absolute atomic E-state index is 0.0633. The Morgan fingerprint density at radius 3 is 2.70 bits per heavy atom. The Morgan fingerprint density at radius 1 is 1.35 bits per heavy atom. The van der Waals surface area contributed by atoms with Crippen LogP contribution in [0.2, 0.25) is 0 Å². The van der Waals surface area contributed by atoms with Crippen LogP contribution >= 0.6 is 15.9 Å². The maximum Gasteiger partial charge on any atom is 0.243 e. The molecule has 1 fully saturated rings. The lowest BCUT2D eigenvalue weighted by molar-refractivity contribution is 0.379. The summed E-state index contributed by atoms with van der Waals surface area (Å²) in [5.74, 6) is 0. The third kappa shape index (κ3) is 2.93. The standard InChI is InChI=1S/C14H21BrN2O2S/c1-10-8-14(11(2)7-13(10)15)20(18,19)17-6-4-5-12(17)9-16-3/h7-8,12,16H,4-6,9H2,1-3H3. The molecule has 1 heterocycles. The first-order chi connectivity index (χ1) is 9.37. The fraction of sp³-hybridized carbons (Fsp3) is 0.571. The number of rotatable bonds is 4. The van der Waals surface area contributed by atoms with Crippen molar-refractivity contribution in [2.45, 2.75) is 37.6 Å². The highest BCUT2D eigenvalue weighted by molar-refractivity contribution is 9.10. The molecular weight excluding hydrogens is 340 g/mol. The number of nitrogens with one attached hydrogen (secondary N) is 1. The average Bonchev–Trinajstić information content (AvgIpc) is 2.83. The van der Waals surface area contributed by atoms with Crippen molar-refractivity contribution >= 4 is 26.0 Å². The van der Waals surface area contributed by atoms with Crippen molar-refractivity contribution in [3.05, 3.63) is 27.7 Å². The van der Waals surface area contributed by atoms with Crippen molar-refractivity contribution in [3.63, 3.8) is 0 Å². The third-order valence-corrected chi connectivity index (χ3v) is 6.75. The van der Waals surface area contributed by atoms with Gasteiger partial charge in [-0.1, -0.05) is 15.9 Å². The molecule has 1 saturated heterocycles. The lowest BCUT2D eigenvalue weighted by atomic mass is 10.2. The summed E-state index contributed by atoms with van der Waals surface area (Å²) in [5, 5.41) is 3.08. The van der Waals surface area contributed by atoms with E-state index < -0.39 is 10.0 Å². The molecule has 0 amide bonds. The van der Waals surface area contributed by atoms with E-state index in [1.54, 1.807) is 10.4 Å². The molecule has 1 aliphatic rings. The quantitative estimate of drug-likeness (QED) is 0.896. The molecule has 112 valence electrons. The summed E-state index contributed by atoms with van der Waals surface area (Å²) < 4.78 is 28.4. The summed E-state index contributed by atoms with van der Waals surface area (Å²) in [5.41, 5.74) is 1.73. The zero-order chi connectivity index (χ0) is 14.9. The maximum absolute atomic E-state index is 12.9. The van der Waals surface area contributed by atoms with Crippen LogP contribution in [0.15, 0.2) is 21.5 Å². The monoisotopic (exact) mass is 360 g/mol. The molecule has 0 radical (unpaired) electrons. The molecule has 0 aromatic heterocycles. The van der Waals surface area contributed by atoms with Crippen LogP contribution in [-0.2, 0) is 10.0 Å². The minimum Gasteiger partial charge on any atom is -0.318 e. The van der Waals surface area contributed by atoms with E-state index in [2.05, 4.69) is 21.2 Å². The number of likely N-dealkylation sites (N-methyl/N-ethyl adjacent to an activating group) is 1. The zero-order valence-corrected chi connectivity index (χ0v) is 14.5. The highest BCUT2D eigenvalue weighted by Crippen LogP contribution is 2.30. The molecule has 1 N–H and O–H groups in total. The second-order valence-corrected chi connectivity index (χ2v) is 8.05. The minimum atomic E-state index is -3.41. The number of hydrogen-bond donors (Lipinski definition) is 1. The second kappa shape index (κ2) is 6.13. The topological polar surface area (TPSA) is 49.4 Å². The van der Waals surface area contributed by atoms with Gasteiger partial charge in [0.05, 0.1) is 4.90 Å². The average molecular weight is 361 g/mol. The second-order valence-electron chi connectivity index (χ2n) is 5.34. The molecule has 4 nitrogen and oxygen atoms in total. The van der Waals surface area contributed by atoms with E-state index in [1.165, 1.54) is 0 Å². The van der Waals surface area contributed by atoms with Gasteiger partial charge in [-0.15, -0.1) is 0 Å². The van der Waals surface area contributed by atoms with Crippen molar-refractivity contribution < 1.29 is 8.42 Å². The highest BCUT2D eigenvalue weighted by atomic mass is 79.9. The fourth-order valence-corrected chi connectivity index (χ4v) is 5.17. The Balaban J connectivity index is 2.42. The Morgan fingerprint density at radius 2 is 2.05 bits per heavy atom. The lowest BCUT2D eigenvalue weighted by Crippen LogP contribution is -2.41. The maximum atomic E-state index is 12.9. The fourth-order valence-electron chi connectivity index (χ4n) is 2.72. The Labute approximate surface area is 129 Å². The van der Waals surface area contributed by atoms with Gasteiger partial charge in [0, 0.05) is 23.6 Å². The van der Waals surface area contributed by atoms with Gasteiger partial charge in [-0.3, -0.25) is 0 Å². The van der Waals surface area contributed by atoms with Crippen molar-refractivity contribution in [2.24, 2.45) is 0 Å². The first-order valence-electron chi connectivity index (χ1n) is 6.81. The molecule has 0 bridgehead atoms. The molecule has 1 unspecified atom stereocenters. The summed E-state index contributed by atoms with van der Waals surface area (Å²) >= 11 is 3.45. The van der Waals surface area contributed by atoms with Gasteiger partial charge < -0.3 is 5.32 Å². The van der Waals surface area contributed by atoms with Crippen LogP contribution in [0.4, 0.5) is 0 Å². The molecule has 1 atom stereocenters. The van der Waals surface area contributed by atoms with Crippen molar-refractivity contribution in [3.8, 4) is 0 Å². The van der Waals surface area contributed by atoms with E-state index in [0.717, 1.165) is 28.4 Å². The van der Waals surface area contributed by atoms with Crippen LogP contribution in [0.25, 0.3) is 0 Å². The van der Waals surface area contributed by atoms with Crippen LogP contribution in [0.1, 0.15) is 24.0 Å². The van der Waals surface area contributed by atoms with Gasteiger partial charge in [0.2, 0.25) is 10.0 Å². The summed E-state index contributed by atoms with van der Waals surface area (Å²) in [6.45, 7) is 5.08. The number of nitrogens with zero attached hydrogens (tertiary/aromatic N) is 1. The number of benzene rings is 1. The normalized spacial score (nSPS) is 20.5. The Kier molecular flexibility index (Phi) is 4.89. The van der Waals surface area contributed by atoms with E-state index in [9.17, 15) is 8.42 Å². The summed E-state index contributed by atoms with van der Waals surface area (Å²) in [4.78, 5) is 0.432. The van der Waals surface area contributed by atoms with Crippen LogP contribution in [-0.4, -0.2) is 38.9 Å². The van der Waals surface area contributed by atoms with E-state index in [4.69, 9.17) is 0 Å². The number of halogens is 1. The summed E-state index contributed by atoms with van der Waals surface area (Å²) in [7, 11) is -1.55. The third-order valence-electron chi connectivity index (χ3n) is 3.81. The summed E-state index contributed by atoms with van der Waals surface area (Å²) in [6.07, 6.45) is 1.86. The van der Waals surface area contributed by atoms with Crippen LogP contribution in [0, 0.1) is 13.8 Å². The van der Waals surface area contributed by atoms with Gasteiger partial charge in [-0.05, 0) is 57.0 Å².